The molecule has 0 aliphatic carbocycles. The van der Waals surface area contributed by atoms with Gasteiger partial charge in [-0.2, -0.15) is 11.3 Å². The molecule has 337 valence electrons. The van der Waals surface area contributed by atoms with Crippen LogP contribution in [0.4, 0.5) is 0 Å². The molecule has 0 amide bonds. The van der Waals surface area contributed by atoms with Gasteiger partial charge in [0, 0.05) is 40.3 Å². The number of benzene rings is 8. The Labute approximate surface area is 416 Å². The van der Waals surface area contributed by atoms with Gasteiger partial charge in [-0.25, -0.2) is 0 Å². The van der Waals surface area contributed by atoms with Crippen LogP contribution in [-0.2, 0) is 20.1 Å². The number of aromatic nitrogens is 4. The van der Waals surface area contributed by atoms with Crippen LogP contribution in [0.15, 0.2) is 152 Å². The van der Waals surface area contributed by atoms with Gasteiger partial charge >= 0.3 is 0 Å². The van der Waals surface area contributed by atoms with Crippen LogP contribution in [0.25, 0.3) is 87.2 Å². The number of hydrogen-bond acceptors (Lipinski definition) is 3. The van der Waals surface area contributed by atoms with Crippen molar-refractivity contribution in [1.82, 2.24) is 19.1 Å². The molecule has 0 bridgehead atoms. The number of hydrogen-bond donors (Lipinski definition) is 0. The molecule has 11 rings (SSSR count). The van der Waals surface area contributed by atoms with Gasteiger partial charge in [-0.05, 0) is 110 Å². The molecular formula is C61H56IrN4S-2. The average Bonchev–Trinajstić information content (AvgIpc) is 4.04. The van der Waals surface area contributed by atoms with Gasteiger partial charge < -0.3 is 9.13 Å². The molecule has 11 aromatic rings. The largest absolute Gasteiger partial charge is 0.333 e. The number of fused-ring (bicyclic) bond motifs is 6. The van der Waals surface area contributed by atoms with Crippen molar-refractivity contribution < 1.29 is 24.2 Å². The molecule has 0 spiro atoms. The summed E-state index contributed by atoms with van der Waals surface area (Å²) in [5.41, 5.74) is 14.3. The van der Waals surface area contributed by atoms with E-state index < -0.39 is 6.85 Å². The molecule has 0 saturated carbocycles. The summed E-state index contributed by atoms with van der Waals surface area (Å²) in [4.78, 5) is 10.2. The summed E-state index contributed by atoms with van der Waals surface area (Å²) in [5, 5.41) is 4.29. The van der Waals surface area contributed by atoms with Gasteiger partial charge in [0.25, 0.3) is 0 Å². The smallest absolute Gasteiger partial charge is 0.0774 e. The second kappa shape index (κ2) is 18.8. The molecule has 0 saturated heterocycles. The Morgan fingerprint density at radius 3 is 1.61 bits per heavy atom. The minimum absolute atomic E-state index is 0. The number of rotatable bonds is 8. The van der Waals surface area contributed by atoms with Gasteiger partial charge in [-0.1, -0.05) is 151 Å². The number of aryl methyl sites for hydroxylation is 1. The maximum atomic E-state index is 7.86. The number of para-hydroxylation sites is 6. The Morgan fingerprint density at radius 1 is 0.507 bits per heavy atom. The van der Waals surface area contributed by atoms with Gasteiger partial charge in [0.2, 0.25) is 0 Å². The fourth-order valence-electron chi connectivity index (χ4n) is 9.58. The molecule has 8 aromatic carbocycles. The zero-order valence-corrected chi connectivity index (χ0v) is 42.5. The van der Waals surface area contributed by atoms with Gasteiger partial charge in [0.15, 0.2) is 0 Å². The summed E-state index contributed by atoms with van der Waals surface area (Å²) < 4.78 is 30.5. The first kappa shape index (κ1) is 42.2. The summed E-state index contributed by atoms with van der Waals surface area (Å²) in [7, 11) is 0. The SMILES string of the molecule is CC(C)c1cccc(C(C)C)c1-n1c(-c2[c-]cccc2)nc2ccccc21.[2H]C([2H])([2H])c1ccc2cc3c(cc2c1)sc1c(-c2nc4ccccc4n2-c2c(C(C)C)cccc2C(C)C)[c-]ccc13.[Ir]. The van der Waals surface area contributed by atoms with E-state index in [4.69, 9.17) is 14.1 Å². The Kier molecular flexibility index (Phi) is 11.9. The van der Waals surface area contributed by atoms with Crippen LogP contribution in [0.3, 0.4) is 0 Å². The van der Waals surface area contributed by atoms with Crippen molar-refractivity contribution in [3.63, 3.8) is 0 Å². The van der Waals surface area contributed by atoms with Crippen LogP contribution in [0.5, 0.6) is 0 Å². The van der Waals surface area contributed by atoms with E-state index in [9.17, 15) is 0 Å². The number of nitrogens with zero attached hydrogens (tertiary/aromatic N) is 4. The second-order valence-electron chi connectivity index (χ2n) is 18.6. The molecule has 0 unspecified atom stereocenters. The molecular weight excluding hydrogens is 1010 g/mol. The monoisotopic (exact) mass is 1070 g/mol. The predicted octanol–water partition coefficient (Wildman–Crippen LogP) is 17.3. The van der Waals surface area contributed by atoms with Gasteiger partial charge in [-0.15, -0.1) is 54.1 Å². The summed E-state index contributed by atoms with van der Waals surface area (Å²) in [6.45, 7) is 15.9. The average molecular weight is 1070 g/mol. The van der Waals surface area contributed by atoms with Crippen LogP contribution in [-0.4, -0.2) is 19.1 Å². The molecule has 6 heteroatoms. The quantitative estimate of drug-likeness (QED) is 0.142. The number of imidazole rings is 2. The predicted molar refractivity (Wildman–Crippen MR) is 282 cm³/mol. The first-order chi connectivity index (χ1) is 33.2. The van der Waals surface area contributed by atoms with Crippen LogP contribution >= 0.6 is 11.3 Å². The molecule has 0 N–H and O–H groups in total. The standard InChI is InChI=1S/C36H31N2S.C25H25N2.Ir/c1-21(2)26-10-8-11-27(22(3)4)34(26)38-32-15-7-6-14-31(32)37-36(38)29-13-9-12-28-30-19-24-17-16-23(5)18-25(24)20-33(30)39-35(28)29;1-17(2)20-13-10-14-21(18(3)4)24(20)27-23-16-9-8-15-22(23)26-25(27)19-11-6-5-7-12-19;/h6-12,14-22H,1-5H3;5-11,13-18H,1-4H3;/q2*-1;/i5D3;;. The molecule has 67 heavy (non-hydrogen) atoms. The van der Waals surface area contributed by atoms with Crippen molar-refractivity contribution in [3.05, 3.63) is 192 Å². The summed E-state index contributed by atoms with van der Waals surface area (Å²) in [5.74, 6) is 3.36. The van der Waals surface area contributed by atoms with Crippen LogP contribution < -0.4 is 0 Å². The zero-order chi connectivity index (χ0) is 48.3. The summed E-state index contributed by atoms with van der Waals surface area (Å²) in [6.07, 6.45) is 0. The fraction of sp³-hybridized carbons (Fsp3) is 0.213. The van der Waals surface area contributed by atoms with E-state index in [0.717, 1.165) is 75.8 Å². The zero-order valence-electron chi connectivity index (χ0n) is 42.3. The van der Waals surface area contributed by atoms with Crippen molar-refractivity contribution in [2.24, 2.45) is 0 Å². The Bertz CT molecular complexity index is 3640. The van der Waals surface area contributed by atoms with E-state index in [-0.39, 0.29) is 20.1 Å². The molecule has 3 heterocycles. The van der Waals surface area contributed by atoms with Gasteiger partial charge in [-0.3, -0.25) is 9.97 Å². The van der Waals surface area contributed by atoms with Crippen molar-refractivity contribution in [1.29, 1.82) is 0 Å². The molecule has 0 atom stereocenters. The third kappa shape index (κ3) is 8.35. The summed E-state index contributed by atoms with van der Waals surface area (Å²) in [6, 6.07) is 59.0. The molecule has 1 radical (unpaired) electrons. The maximum absolute atomic E-state index is 7.86. The third-order valence-electron chi connectivity index (χ3n) is 12.8. The van der Waals surface area contributed by atoms with Gasteiger partial charge in [0.1, 0.15) is 0 Å². The second-order valence-corrected chi connectivity index (χ2v) is 19.6. The minimum atomic E-state index is -2.13. The first-order valence-electron chi connectivity index (χ1n) is 24.7. The Hall–Kier alpha value is -6.17. The maximum Gasteiger partial charge on any atom is 0.0774 e. The third-order valence-corrected chi connectivity index (χ3v) is 14.0. The fourth-order valence-corrected chi connectivity index (χ4v) is 10.8. The van der Waals surface area contributed by atoms with E-state index >= 15 is 0 Å². The summed E-state index contributed by atoms with van der Waals surface area (Å²) >= 11 is 1.72. The van der Waals surface area contributed by atoms with E-state index in [1.165, 1.54) is 33.6 Å². The Balaban J connectivity index is 0.000000188. The van der Waals surface area contributed by atoms with Crippen LogP contribution in [0.2, 0.25) is 0 Å². The van der Waals surface area contributed by atoms with Crippen molar-refractivity contribution in [3.8, 4) is 34.2 Å². The van der Waals surface area contributed by atoms with E-state index in [2.05, 4.69) is 180 Å². The van der Waals surface area contributed by atoms with Crippen molar-refractivity contribution in [2.45, 2.75) is 85.9 Å². The molecule has 0 aliphatic rings. The minimum Gasteiger partial charge on any atom is -0.333 e. The molecule has 4 nitrogen and oxygen atoms in total. The van der Waals surface area contributed by atoms with E-state index in [0.29, 0.717) is 29.2 Å². The molecule has 0 aliphatic heterocycles. The first-order valence-corrected chi connectivity index (χ1v) is 24.0. The van der Waals surface area contributed by atoms with Crippen LogP contribution in [0, 0.1) is 19.0 Å². The molecule has 3 aromatic heterocycles. The van der Waals surface area contributed by atoms with Gasteiger partial charge in [0.05, 0.1) is 33.7 Å². The Morgan fingerprint density at radius 2 is 1.06 bits per heavy atom. The van der Waals surface area contributed by atoms with E-state index in [1.54, 1.807) is 23.5 Å². The normalized spacial score (nSPS) is 12.6. The molecule has 0 fully saturated rings. The topological polar surface area (TPSA) is 35.6 Å². The number of thiophene rings is 1. The van der Waals surface area contributed by atoms with E-state index in [1.807, 2.05) is 36.4 Å². The van der Waals surface area contributed by atoms with Crippen LogP contribution in [0.1, 0.15) is 111 Å². The van der Waals surface area contributed by atoms with Crippen molar-refractivity contribution >= 4 is 64.3 Å². The van der Waals surface area contributed by atoms with Crippen molar-refractivity contribution in [2.75, 3.05) is 0 Å².